The number of carbonyl (C=O) groups excluding carboxylic acids is 1. The molecule has 1 aliphatic carbocycles. The third-order valence-electron chi connectivity index (χ3n) is 4.87. The van der Waals surface area contributed by atoms with Crippen LogP contribution in [0.5, 0.6) is 0 Å². The van der Waals surface area contributed by atoms with Crippen molar-refractivity contribution in [2.24, 2.45) is 5.92 Å². The molecule has 4 heteroatoms. The van der Waals surface area contributed by atoms with Crippen LogP contribution in [0.3, 0.4) is 0 Å². The fraction of sp³-hybridized carbons (Fsp3) is 0.562. The molecule has 0 amide bonds. The Morgan fingerprint density at radius 3 is 2.90 bits per heavy atom. The molecule has 3 heterocycles. The first-order valence-corrected chi connectivity index (χ1v) is 7.36. The van der Waals surface area contributed by atoms with Crippen molar-refractivity contribution in [2.75, 3.05) is 0 Å². The average molecular weight is 273 g/mol. The number of ether oxygens (including phenoxy) is 1. The summed E-state index contributed by atoms with van der Waals surface area (Å²) in [6.45, 7) is 2.80. The SMILES string of the molecule is C[C@]12C[C@H]3CC[C@H]([C@@H]1C(=O)O3)N(Cc1ccccc1)O2. The molecule has 106 valence electrons. The van der Waals surface area contributed by atoms with Crippen LogP contribution < -0.4 is 0 Å². The van der Waals surface area contributed by atoms with E-state index < -0.39 is 0 Å². The fourth-order valence-electron chi connectivity index (χ4n) is 4.01. The monoisotopic (exact) mass is 273 g/mol. The van der Waals surface area contributed by atoms with E-state index in [1.165, 1.54) is 5.56 Å². The van der Waals surface area contributed by atoms with Gasteiger partial charge in [0.2, 0.25) is 0 Å². The highest BCUT2D eigenvalue weighted by atomic mass is 16.7. The van der Waals surface area contributed by atoms with Crippen molar-refractivity contribution in [3.8, 4) is 0 Å². The maximum absolute atomic E-state index is 12.2. The molecule has 0 N–H and O–H groups in total. The Labute approximate surface area is 118 Å². The highest BCUT2D eigenvalue weighted by Crippen LogP contribution is 2.49. The van der Waals surface area contributed by atoms with Gasteiger partial charge in [0.05, 0.1) is 6.04 Å². The lowest BCUT2D eigenvalue weighted by Gasteiger charge is -2.35. The van der Waals surface area contributed by atoms with E-state index in [-0.39, 0.29) is 29.6 Å². The molecule has 0 unspecified atom stereocenters. The van der Waals surface area contributed by atoms with Crippen molar-refractivity contribution in [1.29, 1.82) is 0 Å². The van der Waals surface area contributed by atoms with Gasteiger partial charge in [0.15, 0.2) is 0 Å². The standard InChI is InChI=1S/C16H19NO3/c1-16-9-12-7-8-13(14(16)15(18)19-12)17(20-16)10-11-5-3-2-4-6-11/h2-6,12-14H,7-10H2,1H3/t12-,13-,14-,16+/m1/s1. The van der Waals surface area contributed by atoms with Crippen LogP contribution in [0.25, 0.3) is 0 Å². The zero-order valence-electron chi connectivity index (χ0n) is 11.6. The predicted molar refractivity (Wildman–Crippen MR) is 72.5 cm³/mol. The summed E-state index contributed by atoms with van der Waals surface area (Å²) in [6.07, 6.45) is 2.80. The minimum Gasteiger partial charge on any atom is -0.462 e. The van der Waals surface area contributed by atoms with Gasteiger partial charge in [0.1, 0.15) is 17.6 Å². The van der Waals surface area contributed by atoms with E-state index in [0.717, 1.165) is 25.8 Å². The van der Waals surface area contributed by atoms with Crippen molar-refractivity contribution in [3.63, 3.8) is 0 Å². The van der Waals surface area contributed by atoms with Crippen molar-refractivity contribution >= 4 is 5.97 Å². The Hall–Kier alpha value is -1.39. The van der Waals surface area contributed by atoms with Crippen molar-refractivity contribution in [1.82, 2.24) is 5.06 Å². The summed E-state index contributed by atoms with van der Waals surface area (Å²) in [7, 11) is 0. The molecule has 4 nitrogen and oxygen atoms in total. The molecule has 1 aromatic carbocycles. The van der Waals surface area contributed by atoms with Crippen LogP contribution in [-0.4, -0.2) is 28.8 Å². The lowest BCUT2D eigenvalue weighted by atomic mass is 9.81. The molecule has 1 aromatic rings. The van der Waals surface area contributed by atoms with Crippen LogP contribution in [-0.2, 0) is 20.9 Å². The summed E-state index contributed by atoms with van der Waals surface area (Å²) in [6, 6.07) is 10.4. The van der Waals surface area contributed by atoms with Crippen LogP contribution in [0.1, 0.15) is 31.7 Å². The van der Waals surface area contributed by atoms with E-state index in [1.807, 2.05) is 23.3 Å². The van der Waals surface area contributed by atoms with Gasteiger partial charge < -0.3 is 4.74 Å². The van der Waals surface area contributed by atoms with Gasteiger partial charge in [-0.1, -0.05) is 30.3 Å². The second kappa shape index (κ2) is 4.30. The number of fused-ring (bicyclic) bond motifs is 2. The highest BCUT2D eigenvalue weighted by molar-refractivity contribution is 5.76. The van der Waals surface area contributed by atoms with Crippen molar-refractivity contribution in [2.45, 2.75) is 50.5 Å². The zero-order chi connectivity index (χ0) is 13.7. The molecule has 0 spiro atoms. The Morgan fingerprint density at radius 2 is 2.10 bits per heavy atom. The van der Waals surface area contributed by atoms with E-state index in [9.17, 15) is 4.79 Å². The Kier molecular flexibility index (Phi) is 2.66. The highest BCUT2D eigenvalue weighted by Gasteiger charge is 2.61. The predicted octanol–water partition coefficient (Wildman–Crippen LogP) is 2.29. The lowest BCUT2D eigenvalue weighted by Crippen LogP contribution is -2.47. The quantitative estimate of drug-likeness (QED) is 0.775. The second-order valence-electron chi connectivity index (χ2n) is 6.35. The second-order valence-corrected chi connectivity index (χ2v) is 6.35. The number of benzene rings is 1. The fourth-order valence-corrected chi connectivity index (χ4v) is 4.01. The molecular formula is C16H19NO3. The largest absolute Gasteiger partial charge is 0.462 e. The summed E-state index contributed by atoms with van der Waals surface area (Å²) < 4.78 is 5.51. The third-order valence-corrected chi connectivity index (χ3v) is 4.87. The molecule has 3 aliphatic heterocycles. The summed E-state index contributed by atoms with van der Waals surface area (Å²) >= 11 is 0. The first kappa shape index (κ1) is 12.4. The van der Waals surface area contributed by atoms with Gasteiger partial charge in [0.25, 0.3) is 0 Å². The number of esters is 1. The van der Waals surface area contributed by atoms with Gasteiger partial charge in [-0.05, 0) is 25.3 Å². The lowest BCUT2D eigenvalue weighted by molar-refractivity contribution is -0.232. The van der Waals surface area contributed by atoms with E-state index in [2.05, 4.69) is 19.1 Å². The molecule has 0 radical (unpaired) electrons. The van der Waals surface area contributed by atoms with Crippen LogP contribution in [0.15, 0.2) is 30.3 Å². The summed E-state index contributed by atoms with van der Waals surface area (Å²) in [5.74, 6) is -0.202. The molecule has 4 fully saturated rings. The average Bonchev–Trinajstić information content (AvgIpc) is 2.53. The molecule has 1 saturated carbocycles. The zero-order valence-corrected chi connectivity index (χ0v) is 11.6. The summed E-state index contributed by atoms with van der Waals surface area (Å²) in [5, 5.41) is 2.02. The van der Waals surface area contributed by atoms with Gasteiger partial charge in [0, 0.05) is 13.0 Å². The Morgan fingerprint density at radius 1 is 1.30 bits per heavy atom. The minimum atomic E-state index is -0.379. The van der Waals surface area contributed by atoms with E-state index >= 15 is 0 Å². The summed E-state index contributed by atoms with van der Waals surface area (Å²) in [4.78, 5) is 18.4. The summed E-state index contributed by atoms with van der Waals surface area (Å²) in [5.41, 5.74) is 0.834. The van der Waals surface area contributed by atoms with E-state index in [0.29, 0.717) is 0 Å². The minimum absolute atomic E-state index is 0.0487. The number of rotatable bonds is 2. The smallest absolute Gasteiger partial charge is 0.313 e. The molecule has 4 bridgehead atoms. The van der Waals surface area contributed by atoms with Gasteiger partial charge in [-0.15, -0.1) is 0 Å². The van der Waals surface area contributed by atoms with E-state index in [1.54, 1.807) is 0 Å². The van der Waals surface area contributed by atoms with Gasteiger partial charge in [-0.3, -0.25) is 9.63 Å². The Bertz CT molecular complexity index is 532. The molecule has 4 aliphatic rings. The van der Waals surface area contributed by atoms with Crippen LogP contribution in [0, 0.1) is 5.92 Å². The number of nitrogens with zero attached hydrogens (tertiary/aromatic N) is 1. The normalized spacial score (nSPS) is 39.6. The van der Waals surface area contributed by atoms with Gasteiger partial charge in [-0.2, -0.15) is 5.06 Å². The first-order valence-electron chi connectivity index (χ1n) is 7.36. The molecule has 4 atom stereocenters. The maximum Gasteiger partial charge on any atom is 0.313 e. The van der Waals surface area contributed by atoms with Gasteiger partial charge >= 0.3 is 5.97 Å². The number of hydrogen-bond donors (Lipinski definition) is 0. The van der Waals surface area contributed by atoms with Crippen molar-refractivity contribution in [3.05, 3.63) is 35.9 Å². The molecule has 3 saturated heterocycles. The van der Waals surface area contributed by atoms with E-state index in [4.69, 9.17) is 9.57 Å². The van der Waals surface area contributed by atoms with Gasteiger partial charge in [-0.25, -0.2) is 0 Å². The number of carbonyl (C=O) groups is 1. The van der Waals surface area contributed by atoms with Crippen LogP contribution in [0.4, 0.5) is 0 Å². The molecule has 5 rings (SSSR count). The number of hydrogen-bond acceptors (Lipinski definition) is 4. The van der Waals surface area contributed by atoms with Crippen LogP contribution in [0.2, 0.25) is 0 Å². The third kappa shape index (κ3) is 1.79. The van der Waals surface area contributed by atoms with Crippen molar-refractivity contribution < 1.29 is 14.4 Å². The maximum atomic E-state index is 12.2. The molecule has 20 heavy (non-hydrogen) atoms. The molecule has 0 aromatic heterocycles. The van der Waals surface area contributed by atoms with Crippen LogP contribution >= 0.6 is 0 Å². The number of hydroxylamine groups is 2. The Balaban J connectivity index is 1.63. The molecular weight excluding hydrogens is 254 g/mol. The first-order chi connectivity index (χ1) is 9.66. The topological polar surface area (TPSA) is 38.8 Å².